The summed E-state index contributed by atoms with van der Waals surface area (Å²) in [4.78, 5) is 0. The Kier molecular flexibility index (Phi) is 4.54. The highest BCUT2D eigenvalue weighted by Gasteiger charge is 2.10. The molecule has 0 aliphatic heterocycles. The third-order valence-corrected chi connectivity index (χ3v) is 4.38. The lowest BCUT2D eigenvalue weighted by Crippen LogP contribution is -2.22. The third-order valence-electron chi connectivity index (χ3n) is 2.67. The molecule has 96 valence electrons. The minimum absolute atomic E-state index is 0.189. The predicted molar refractivity (Wildman–Crippen MR) is 79.4 cm³/mol. The van der Waals surface area contributed by atoms with Gasteiger partial charge in [-0.05, 0) is 44.6 Å². The Morgan fingerprint density at radius 1 is 1.28 bits per heavy atom. The normalized spacial score (nSPS) is 11.2. The average molecular weight is 328 g/mol. The van der Waals surface area contributed by atoms with Crippen LogP contribution in [0.4, 0.5) is 4.39 Å². The summed E-state index contributed by atoms with van der Waals surface area (Å²) in [6, 6.07) is 5.35. The highest BCUT2D eigenvalue weighted by atomic mass is 79.9. The minimum atomic E-state index is -0.189. The van der Waals surface area contributed by atoms with Gasteiger partial charge in [-0.1, -0.05) is 19.9 Å². The third kappa shape index (κ3) is 3.19. The van der Waals surface area contributed by atoms with Crippen LogP contribution in [-0.4, -0.2) is 6.04 Å². The molecule has 0 fully saturated rings. The van der Waals surface area contributed by atoms with Crippen molar-refractivity contribution >= 4 is 27.3 Å². The smallest absolute Gasteiger partial charge is 0.123 e. The number of rotatable bonds is 4. The minimum Gasteiger partial charge on any atom is -0.310 e. The lowest BCUT2D eigenvalue weighted by Gasteiger charge is -2.12. The number of halogens is 2. The van der Waals surface area contributed by atoms with Crippen molar-refractivity contribution in [2.45, 2.75) is 26.4 Å². The number of hydrogen-bond donors (Lipinski definition) is 1. The van der Waals surface area contributed by atoms with Gasteiger partial charge in [0.15, 0.2) is 0 Å². The topological polar surface area (TPSA) is 12.0 Å². The lowest BCUT2D eigenvalue weighted by molar-refractivity contribution is 0.582. The second-order valence-corrected chi connectivity index (χ2v) is 6.07. The van der Waals surface area contributed by atoms with Crippen LogP contribution >= 0.6 is 27.3 Å². The Hall–Kier alpha value is -0.710. The highest BCUT2D eigenvalue weighted by molar-refractivity contribution is 9.10. The molecule has 1 N–H and O–H groups in total. The molecule has 0 spiro atoms. The fourth-order valence-corrected chi connectivity index (χ4v) is 3.27. The maximum Gasteiger partial charge on any atom is 0.123 e. The first-order chi connectivity index (χ1) is 8.58. The zero-order valence-corrected chi connectivity index (χ0v) is 12.7. The standard InChI is InChI=1S/C14H15BrFNS/c1-9(2)17-6-10-5-11(16)3-4-12(10)13-7-18-8-14(13)15/h3-5,7-9,17H,6H2,1-2H3. The zero-order valence-electron chi connectivity index (χ0n) is 10.3. The van der Waals surface area contributed by atoms with Gasteiger partial charge in [0.2, 0.25) is 0 Å². The number of thiophene rings is 1. The van der Waals surface area contributed by atoms with Gasteiger partial charge in [0.1, 0.15) is 5.82 Å². The molecule has 0 aliphatic rings. The molecular formula is C14H15BrFNS. The monoisotopic (exact) mass is 327 g/mol. The summed E-state index contributed by atoms with van der Waals surface area (Å²) in [6.45, 7) is 4.84. The Morgan fingerprint density at radius 2 is 2.06 bits per heavy atom. The number of nitrogens with one attached hydrogen (secondary N) is 1. The van der Waals surface area contributed by atoms with Crippen LogP contribution in [0.1, 0.15) is 19.4 Å². The van der Waals surface area contributed by atoms with E-state index in [4.69, 9.17) is 0 Å². The molecule has 1 nitrogen and oxygen atoms in total. The average Bonchev–Trinajstić information content (AvgIpc) is 2.73. The highest BCUT2D eigenvalue weighted by Crippen LogP contribution is 2.34. The molecule has 2 rings (SSSR count). The Labute approximate surface area is 119 Å². The van der Waals surface area contributed by atoms with Crippen molar-refractivity contribution in [3.63, 3.8) is 0 Å². The van der Waals surface area contributed by atoms with Crippen molar-refractivity contribution < 1.29 is 4.39 Å². The molecular weight excluding hydrogens is 313 g/mol. The van der Waals surface area contributed by atoms with Gasteiger partial charge in [0.25, 0.3) is 0 Å². The van der Waals surface area contributed by atoms with Gasteiger partial charge in [-0.25, -0.2) is 4.39 Å². The first kappa shape index (κ1) is 13.7. The molecule has 0 amide bonds. The first-order valence-electron chi connectivity index (χ1n) is 5.82. The maximum absolute atomic E-state index is 13.4. The van der Waals surface area contributed by atoms with Gasteiger partial charge >= 0.3 is 0 Å². The fourth-order valence-electron chi connectivity index (χ4n) is 1.76. The molecule has 1 aromatic heterocycles. The molecule has 0 unspecified atom stereocenters. The quantitative estimate of drug-likeness (QED) is 0.849. The van der Waals surface area contributed by atoms with Crippen molar-refractivity contribution in [2.75, 3.05) is 0 Å². The van der Waals surface area contributed by atoms with Crippen molar-refractivity contribution in [1.82, 2.24) is 5.32 Å². The first-order valence-corrected chi connectivity index (χ1v) is 7.55. The second kappa shape index (κ2) is 5.95. The van der Waals surface area contributed by atoms with E-state index < -0.39 is 0 Å². The predicted octanol–water partition coefficient (Wildman–Crippen LogP) is 4.81. The van der Waals surface area contributed by atoms with E-state index >= 15 is 0 Å². The molecule has 0 saturated heterocycles. The van der Waals surface area contributed by atoms with Crippen LogP contribution in [0, 0.1) is 5.82 Å². The molecule has 18 heavy (non-hydrogen) atoms. The van der Waals surface area contributed by atoms with Gasteiger partial charge in [-0.2, -0.15) is 11.3 Å². The molecule has 1 heterocycles. The van der Waals surface area contributed by atoms with E-state index in [2.05, 4.69) is 40.5 Å². The van der Waals surface area contributed by atoms with Crippen LogP contribution in [0.25, 0.3) is 11.1 Å². The molecule has 0 atom stereocenters. The van der Waals surface area contributed by atoms with Crippen molar-refractivity contribution in [3.8, 4) is 11.1 Å². The van der Waals surface area contributed by atoms with Crippen LogP contribution < -0.4 is 5.32 Å². The molecule has 0 bridgehead atoms. The van der Waals surface area contributed by atoms with Crippen molar-refractivity contribution in [2.24, 2.45) is 0 Å². The largest absolute Gasteiger partial charge is 0.310 e. The fraction of sp³-hybridized carbons (Fsp3) is 0.286. The summed E-state index contributed by atoms with van der Waals surface area (Å²) >= 11 is 5.17. The Balaban J connectivity index is 2.37. The molecule has 0 saturated carbocycles. The lowest BCUT2D eigenvalue weighted by atomic mass is 10.0. The van der Waals surface area contributed by atoms with Crippen molar-refractivity contribution in [1.29, 1.82) is 0 Å². The van der Waals surface area contributed by atoms with E-state index in [-0.39, 0.29) is 5.82 Å². The van der Waals surface area contributed by atoms with Crippen LogP contribution in [-0.2, 0) is 6.54 Å². The van der Waals surface area contributed by atoms with Crippen molar-refractivity contribution in [3.05, 3.63) is 44.8 Å². The van der Waals surface area contributed by atoms with Gasteiger partial charge in [0, 0.05) is 28.0 Å². The maximum atomic E-state index is 13.4. The van der Waals surface area contributed by atoms with E-state index in [0.717, 1.165) is 21.2 Å². The van der Waals surface area contributed by atoms with Gasteiger partial charge in [-0.3, -0.25) is 0 Å². The van der Waals surface area contributed by atoms with E-state index in [1.54, 1.807) is 17.4 Å². The summed E-state index contributed by atoms with van der Waals surface area (Å²) in [5.41, 5.74) is 3.20. The van der Waals surface area contributed by atoms with Gasteiger partial charge < -0.3 is 5.32 Å². The second-order valence-electron chi connectivity index (χ2n) is 4.47. The molecule has 4 heteroatoms. The van der Waals surface area contributed by atoms with Crippen LogP contribution in [0.15, 0.2) is 33.4 Å². The summed E-state index contributed by atoms with van der Waals surface area (Å²) < 4.78 is 14.4. The van der Waals surface area contributed by atoms with E-state index in [1.807, 2.05) is 11.4 Å². The Morgan fingerprint density at radius 3 is 2.67 bits per heavy atom. The summed E-state index contributed by atoms with van der Waals surface area (Å²) in [7, 11) is 0. The van der Waals surface area contributed by atoms with Crippen LogP contribution in [0.3, 0.4) is 0 Å². The van der Waals surface area contributed by atoms with Gasteiger partial charge in [-0.15, -0.1) is 0 Å². The van der Waals surface area contributed by atoms with E-state index in [9.17, 15) is 4.39 Å². The zero-order chi connectivity index (χ0) is 13.1. The van der Waals surface area contributed by atoms with Crippen LogP contribution in [0.2, 0.25) is 0 Å². The van der Waals surface area contributed by atoms with E-state index in [1.165, 1.54) is 6.07 Å². The Bertz CT molecular complexity index is 536. The summed E-state index contributed by atoms with van der Waals surface area (Å²) in [5, 5.41) is 7.45. The van der Waals surface area contributed by atoms with Crippen LogP contribution in [0.5, 0.6) is 0 Å². The van der Waals surface area contributed by atoms with Gasteiger partial charge in [0.05, 0.1) is 0 Å². The molecule has 0 radical (unpaired) electrons. The summed E-state index contributed by atoms with van der Waals surface area (Å²) in [5.74, 6) is -0.189. The SMILES string of the molecule is CC(C)NCc1cc(F)ccc1-c1cscc1Br. The molecule has 2 aromatic rings. The molecule has 1 aromatic carbocycles. The summed E-state index contributed by atoms with van der Waals surface area (Å²) in [6.07, 6.45) is 0. The molecule has 0 aliphatic carbocycles. The number of hydrogen-bond acceptors (Lipinski definition) is 2. The van der Waals surface area contributed by atoms with E-state index in [0.29, 0.717) is 12.6 Å². The number of benzene rings is 1.